The minimum atomic E-state index is -0.493. The number of aryl methyl sites for hydroxylation is 1. The number of hydrogen-bond donors (Lipinski definition) is 1. The largest absolute Gasteiger partial charge is 0.341 e. The third-order valence-electron chi connectivity index (χ3n) is 6.80. The molecule has 9 heteroatoms. The second-order valence-corrected chi connectivity index (χ2v) is 9.66. The van der Waals surface area contributed by atoms with Gasteiger partial charge in [-0.1, -0.05) is 13.0 Å². The molecule has 0 radical (unpaired) electrons. The lowest BCUT2D eigenvalue weighted by molar-refractivity contribution is 0.132. The van der Waals surface area contributed by atoms with E-state index in [0.717, 1.165) is 61.6 Å². The summed E-state index contributed by atoms with van der Waals surface area (Å²) >= 11 is 0. The van der Waals surface area contributed by atoms with E-state index in [0.29, 0.717) is 11.4 Å². The zero-order valence-corrected chi connectivity index (χ0v) is 21.4. The van der Waals surface area contributed by atoms with Gasteiger partial charge in [0, 0.05) is 62.4 Å². The number of nitrogens with one attached hydrogen (secondary N) is 1. The molecule has 4 aromatic rings. The fourth-order valence-corrected chi connectivity index (χ4v) is 4.90. The topological polar surface area (TPSA) is 75.0 Å². The Labute approximate surface area is 211 Å². The van der Waals surface area contributed by atoms with Crippen LogP contribution >= 0.6 is 0 Å². The van der Waals surface area contributed by atoms with Crippen molar-refractivity contribution in [2.75, 3.05) is 38.0 Å². The molecule has 1 aliphatic heterocycles. The van der Waals surface area contributed by atoms with E-state index in [1.807, 2.05) is 24.4 Å². The maximum atomic E-state index is 14.8. The van der Waals surface area contributed by atoms with Crippen molar-refractivity contribution in [3.63, 3.8) is 0 Å². The zero-order chi connectivity index (χ0) is 25.2. The fourth-order valence-electron chi connectivity index (χ4n) is 4.90. The molecular formula is C27H33FN8. The molecule has 0 amide bonds. The molecule has 5 heterocycles. The highest BCUT2D eigenvalue weighted by Crippen LogP contribution is 2.28. The van der Waals surface area contributed by atoms with Gasteiger partial charge in [-0.2, -0.15) is 0 Å². The molecule has 188 valence electrons. The van der Waals surface area contributed by atoms with E-state index >= 15 is 0 Å². The van der Waals surface area contributed by atoms with Gasteiger partial charge in [-0.05, 0) is 51.1 Å². The molecule has 1 fully saturated rings. The molecule has 0 aromatic carbocycles. The summed E-state index contributed by atoms with van der Waals surface area (Å²) < 4.78 is 17.0. The van der Waals surface area contributed by atoms with Crippen molar-refractivity contribution in [2.45, 2.75) is 40.3 Å². The number of anilines is 2. The van der Waals surface area contributed by atoms with Crippen LogP contribution in [-0.2, 0) is 6.54 Å². The average Bonchev–Trinajstić information content (AvgIpc) is 3.22. The highest BCUT2D eigenvalue weighted by molar-refractivity contribution is 5.82. The normalized spacial score (nSPS) is 15.2. The number of rotatable bonds is 7. The van der Waals surface area contributed by atoms with Crippen LogP contribution in [-0.4, -0.2) is 67.0 Å². The Morgan fingerprint density at radius 3 is 2.44 bits per heavy atom. The van der Waals surface area contributed by atoms with Crippen LogP contribution in [0.2, 0.25) is 0 Å². The molecule has 0 spiro atoms. The molecule has 0 atom stereocenters. The molecule has 8 nitrogen and oxygen atoms in total. The highest BCUT2D eigenvalue weighted by Gasteiger charge is 2.17. The lowest BCUT2D eigenvalue weighted by Gasteiger charge is -2.33. The van der Waals surface area contributed by atoms with Crippen LogP contribution in [0, 0.1) is 12.7 Å². The summed E-state index contributed by atoms with van der Waals surface area (Å²) in [7, 11) is 0. The summed E-state index contributed by atoms with van der Waals surface area (Å²) in [5, 5.41) is 3.11. The van der Waals surface area contributed by atoms with Crippen molar-refractivity contribution >= 4 is 22.8 Å². The second kappa shape index (κ2) is 10.3. The van der Waals surface area contributed by atoms with Gasteiger partial charge in [-0.15, -0.1) is 0 Å². The number of halogens is 1. The number of fused-ring (bicyclic) bond motifs is 1. The zero-order valence-electron chi connectivity index (χ0n) is 21.4. The van der Waals surface area contributed by atoms with Crippen molar-refractivity contribution in [3.8, 4) is 11.3 Å². The Morgan fingerprint density at radius 2 is 1.75 bits per heavy atom. The Bertz CT molecular complexity index is 1340. The summed E-state index contributed by atoms with van der Waals surface area (Å²) in [6.07, 6.45) is 4.72. The lowest BCUT2D eigenvalue weighted by Crippen LogP contribution is -2.45. The van der Waals surface area contributed by atoms with E-state index in [4.69, 9.17) is 0 Å². The maximum absolute atomic E-state index is 14.8. The Balaban J connectivity index is 1.32. The summed E-state index contributed by atoms with van der Waals surface area (Å²) in [5.74, 6) is 0.412. The van der Waals surface area contributed by atoms with Gasteiger partial charge in [-0.25, -0.2) is 19.3 Å². The molecule has 36 heavy (non-hydrogen) atoms. The quantitative estimate of drug-likeness (QED) is 0.401. The maximum Gasteiger partial charge on any atom is 0.229 e. The van der Waals surface area contributed by atoms with E-state index in [1.54, 1.807) is 6.20 Å². The number of likely N-dealkylation sites (N-methyl/N-ethyl adjacent to an activating group) is 1. The van der Waals surface area contributed by atoms with Gasteiger partial charge in [0.05, 0.1) is 17.2 Å². The molecule has 5 rings (SSSR count). The minimum Gasteiger partial charge on any atom is -0.341 e. The van der Waals surface area contributed by atoms with Gasteiger partial charge in [0.15, 0.2) is 5.82 Å². The van der Waals surface area contributed by atoms with Crippen LogP contribution < -0.4 is 5.32 Å². The van der Waals surface area contributed by atoms with Gasteiger partial charge in [-0.3, -0.25) is 9.88 Å². The molecule has 1 saturated heterocycles. The Hall–Kier alpha value is -3.43. The van der Waals surface area contributed by atoms with Crippen molar-refractivity contribution in [1.82, 2.24) is 34.3 Å². The number of pyridine rings is 2. The number of aromatic nitrogens is 5. The fraction of sp³-hybridized carbons (Fsp3) is 0.407. The van der Waals surface area contributed by atoms with E-state index < -0.39 is 5.82 Å². The van der Waals surface area contributed by atoms with Crippen LogP contribution in [0.5, 0.6) is 0 Å². The second-order valence-electron chi connectivity index (χ2n) is 9.66. The van der Waals surface area contributed by atoms with Gasteiger partial charge in [0.25, 0.3) is 0 Å². The molecule has 0 aliphatic carbocycles. The highest BCUT2D eigenvalue weighted by atomic mass is 19.1. The molecular weight excluding hydrogens is 455 g/mol. The Kier molecular flexibility index (Phi) is 6.93. The van der Waals surface area contributed by atoms with Crippen LogP contribution in [0.15, 0.2) is 42.9 Å². The van der Waals surface area contributed by atoms with Gasteiger partial charge in [0.1, 0.15) is 11.5 Å². The predicted octanol–water partition coefficient (Wildman–Crippen LogP) is 4.80. The minimum absolute atomic E-state index is 0.207. The number of nitrogens with zero attached hydrogens (tertiary/aromatic N) is 7. The number of hydrogen-bond acceptors (Lipinski definition) is 7. The standard InChI is InChI=1S/C27H33FN8/c1-5-34-8-10-35(11-9-34)17-20-6-7-25(30-14-20)32-27-31-16-22(28)26(33-27)21-13-24-23(29-15-21)12-19(4)36(24)18(2)3/h6-7,12-16,18H,5,8-11,17H2,1-4H3,(H,30,31,32,33). The summed E-state index contributed by atoms with van der Waals surface area (Å²) in [6, 6.07) is 8.23. The number of piperazine rings is 1. The SMILES string of the molecule is CCN1CCN(Cc2ccc(Nc3ncc(F)c(-c4cnc5cc(C)n(C(C)C)c5c4)n3)nc2)CC1. The summed E-state index contributed by atoms with van der Waals surface area (Å²) in [4.78, 5) is 22.6. The van der Waals surface area contributed by atoms with Gasteiger partial charge >= 0.3 is 0 Å². The third kappa shape index (κ3) is 5.08. The lowest BCUT2D eigenvalue weighted by atomic mass is 10.2. The van der Waals surface area contributed by atoms with Gasteiger partial charge < -0.3 is 14.8 Å². The van der Waals surface area contributed by atoms with E-state index in [1.165, 1.54) is 6.20 Å². The van der Waals surface area contributed by atoms with E-state index in [2.05, 4.69) is 73.4 Å². The molecule has 1 aliphatic rings. The smallest absolute Gasteiger partial charge is 0.229 e. The molecule has 4 aromatic heterocycles. The Morgan fingerprint density at radius 1 is 0.972 bits per heavy atom. The first-order chi connectivity index (χ1) is 17.4. The third-order valence-corrected chi connectivity index (χ3v) is 6.80. The molecule has 0 saturated carbocycles. The molecule has 0 unspecified atom stereocenters. The van der Waals surface area contributed by atoms with Gasteiger partial charge in [0.2, 0.25) is 5.95 Å². The first kappa shape index (κ1) is 24.3. The van der Waals surface area contributed by atoms with Crippen LogP contribution in [0.25, 0.3) is 22.3 Å². The van der Waals surface area contributed by atoms with Crippen LogP contribution in [0.3, 0.4) is 0 Å². The first-order valence-corrected chi connectivity index (χ1v) is 12.6. The average molecular weight is 489 g/mol. The van der Waals surface area contributed by atoms with E-state index in [9.17, 15) is 4.39 Å². The van der Waals surface area contributed by atoms with Crippen LogP contribution in [0.4, 0.5) is 16.2 Å². The van der Waals surface area contributed by atoms with Crippen molar-refractivity contribution in [3.05, 3.63) is 59.9 Å². The van der Waals surface area contributed by atoms with Crippen LogP contribution in [0.1, 0.15) is 38.1 Å². The first-order valence-electron chi connectivity index (χ1n) is 12.6. The van der Waals surface area contributed by atoms with Crippen molar-refractivity contribution in [2.24, 2.45) is 0 Å². The molecule has 1 N–H and O–H groups in total. The molecule has 0 bridgehead atoms. The van der Waals surface area contributed by atoms with Crippen molar-refractivity contribution < 1.29 is 4.39 Å². The summed E-state index contributed by atoms with van der Waals surface area (Å²) in [5.41, 5.74) is 4.94. The summed E-state index contributed by atoms with van der Waals surface area (Å²) in [6.45, 7) is 14.9. The predicted molar refractivity (Wildman–Crippen MR) is 141 cm³/mol. The monoisotopic (exact) mass is 488 g/mol. The van der Waals surface area contributed by atoms with Crippen molar-refractivity contribution in [1.29, 1.82) is 0 Å². The van der Waals surface area contributed by atoms with E-state index in [-0.39, 0.29) is 17.7 Å².